The quantitative estimate of drug-likeness (QED) is 0.823. The highest BCUT2D eigenvalue weighted by atomic mass is 32.2. The number of para-hydroxylation sites is 1. The predicted molar refractivity (Wildman–Crippen MR) is 86.7 cm³/mol. The Morgan fingerprint density at radius 1 is 1.12 bits per heavy atom. The summed E-state index contributed by atoms with van der Waals surface area (Å²) in [5.41, 5.74) is 5.28. The first-order chi connectivity index (χ1) is 12.0. The Labute approximate surface area is 148 Å². The van der Waals surface area contributed by atoms with Crippen LogP contribution in [0.5, 0.6) is 5.75 Å². The third-order valence-electron chi connectivity index (χ3n) is 3.44. The molecule has 0 fully saturated rings. The van der Waals surface area contributed by atoms with Crippen LogP contribution >= 0.6 is 0 Å². The number of primary amides is 1. The van der Waals surface area contributed by atoms with Gasteiger partial charge in [-0.25, -0.2) is 8.42 Å². The van der Waals surface area contributed by atoms with E-state index in [9.17, 15) is 26.4 Å². The SMILES string of the molecule is CN(Cc1ccccc1OC(F)(F)F)S(=O)(=O)c1ccc(C(N)=O)cc1. The van der Waals surface area contributed by atoms with Gasteiger partial charge in [-0.2, -0.15) is 4.31 Å². The fourth-order valence-corrected chi connectivity index (χ4v) is 3.30. The van der Waals surface area contributed by atoms with E-state index in [1.54, 1.807) is 0 Å². The number of nitrogens with two attached hydrogens (primary N) is 1. The highest BCUT2D eigenvalue weighted by Crippen LogP contribution is 2.28. The van der Waals surface area contributed by atoms with Gasteiger partial charge in [-0.3, -0.25) is 4.79 Å². The molecule has 26 heavy (non-hydrogen) atoms. The Morgan fingerprint density at radius 2 is 1.69 bits per heavy atom. The molecule has 1 amide bonds. The van der Waals surface area contributed by atoms with Crippen LogP contribution in [0, 0.1) is 0 Å². The van der Waals surface area contributed by atoms with Gasteiger partial charge in [-0.05, 0) is 30.3 Å². The van der Waals surface area contributed by atoms with Crippen molar-refractivity contribution < 1.29 is 31.1 Å². The summed E-state index contributed by atoms with van der Waals surface area (Å²) in [7, 11) is -2.77. The van der Waals surface area contributed by atoms with E-state index >= 15 is 0 Å². The zero-order valence-corrected chi connectivity index (χ0v) is 14.3. The van der Waals surface area contributed by atoms with Gasteiger partial charge in [0, 0.05) is 24.7 Å². The molecule has 0 aliphatic rings. The van der Waals surface area contributed by atoms with E-state index in [4.69, 9.17) is 5.73 Å². The van der Waals surface area contributed by atoms with Crippen molar-refractivity contribution in [2.75, 3.05) is 7.05 Å². The van der Waals surface area contributed by atoms with Crippen molar-refractivity contribution in [2.24, 2.45) is 5.73 Å². The Hall–Kier alpha value is -2.59. The number of sulfonamides is 1. The molecular formula is C16H15F3N2O4S. The lowest BCUT2D eigenvalue weighted by atomic mass is 10.2. The fraction of sp³-hybridized carbons (Fsp3) is 0.188. The summed E-state index contributed by atoms with van der Waals surface area (Å²) in [6.45, 7) is -0.341. The number of hydrogen-bond donors (Lipinski definition) is 1. The Balaban J connectivity index is 2.26. The average Bonchev–Trinajstić information content (AvgIpc) is 2.55. The number of alkyl halides is 3. The topological polar surface area (TPSA) is 89.7 Å². The molecule has 0 saturated heterocycles. The highest BCUT2D eigenvalue weighted by molar-refractivity contribution is 7.89. The van der Waals surface area contributed by atoms with Gasteiger partial charge in [0.15, 0.2) is 0 Å². The Kier molecular flexibility index (Phi) is 5.57. The summed E-state index contributed by atoms with van der Waals surface area (Å²) in [5.74, 6) is -1.19. The van der Waals surface area contributed by atoms with Gasteiger partial charge in [-0.1, -0.05) is 18.2 Å². The number of carbonyl (C=O) groups excluding carboxylic acids is 1. The summed E-state index contributed by atoms with van der Waals surface area (Å²) >= 11 is 0. The van der Waals surface area contributed by atoms with E-state index in [2.05, 4.69) is 4.74 Å². The fourth-order valence-electron chi connectivity index (χ4n) is 2.15. The number of carbonyl (C=O) groups is 1. The van der Waals surface area contributed by atoms with Crippen LogP contribution < -0.4 is 10.5 Å². The molecule has 2 aromatic carbocycles. The van der Waals surface area contributed by atoms with Crippen molar-refractivity contribution in [3.05, 3.63) is 59.7 Å². The molecule has 0 saturated carbocycles. The minimum atomic E-state index is -4.89. The second kappa shape index (κ2) is 7.34. The number of benzene rings is 2. The molecule has 2 rings (SSSR count). The molecule has 2 aromatic rings. The van der Waals surface area contributed by atoms with Crippen LogP contribution in [0.1, 0.15) is 15.9 Å². The largest absolute Gasteiger partial charge is 0.573 e. The lowest BCUT2D eigenvalue weighted by molar-refractivity contribution is -0.274. The van der Waals surface area contributed by atoms with Crippen LogP contribution in [0.15, 0.2) is 53.4 Å². The van der Waals surface area contributed by atoms with Crippen molar-refractivity contribution in [2.45, 2.75) is 17.8 Å². The maximum Gasteiger partial charge on any atom is 0.573 e. The van der Waals surface area contributed by atoms with E-state index < -0.39 is 28.0 Å². The summed E-state index contributed by atoms with van der Waals surface area (Å²) in [6, 6.07) is 10.2. The van der Waals surface area contributed by atoms with Crippen LogP contribution in [-0.4, -0.2) is 32.0 Å². The normalized spacial score (nSPS) is 12.2. The first-order valence-corrected chi connectivity index (χ1v) is 8.64. The Morgan fingerprint density at radius 3 is 2.23 bits per heavy atom. The smallest absolute Gasteiger partial charge is 0.405 e. The standard InChI is InChI=1S/C16H15F3N2O4S/c1-21(10-12-4-2-3-5-14(12)25-16(17,18)19)26(23,24)13-8-6-11(7-9-13)15(20)22/h2-9H,10H2,1H3,(H2,20,22). The van der Waals surface area contributed by atoms with Gasteiger partial charge < -0.3 is 10.5 Å². The van der Waals surface area contributed by atoms with E-state index in [0.717, 1.165) is 10.4 Å². The predicted octanol–water partition coefficient (Wildman–Crippen LogP) is 2.50. The Bertz CT molecular complexity index is 896. The number of halogens is 3. The molecular weight excluding hydrogens is 373 g/mol. The van der Waals surface area contributed by atoms with Crippen molar-refractivity contribution in [3.63, 3.8) is 0 Å². The van der Waals surface area contributed by atoms with Crippen molar-refractivity contribution in [1.29, 1.82) is 0 Å². The lowest BCUT2D eigenvalue weighted by Crippen LogP contribution is -2.27. The third kappa shape index (κ3) is 4.73. The maximum atomic E-state index is 12.6. The van der Waals surface area contributed by atoms with Crippen LogP contribution in [-0.2, 0) is 16.6 Å². The zero-order chi connectivity index (χ0) is 19.5. The molecule has 6 nitrogen and oxygen atoms in total. The molecule has 0 unspecified atom stereocenters. The summed E-state index contributed by atoms with van der Waals surface area (Å²) in [6.07, 6.45) is -4.89. The van der Waals surface area contributed by atoms with Gasteiger partial charge >= 0.3 is 6.36 Å². The molecule has 0 bridgehead atoms. The van der Waals surface area contributed by atoms with Gasteiger partial charge in [0.25, 0.3) is 0 Å². The first kappa shape index (κ1) is 19.7. The molecule has 2 N–H and O–H groups in total. The van der Waals surface area contributed by atoms with Crippen molar-refractivity contribution >= 4 is 15.9 Å². The lowest BCUT2D eigenvalue weighted by Gasteiger charge is -2.19. The van der Waals surface area contributed by atoms with Crippen LogP contribution in [0.25, 0.3) is 0 Å². The van der Waals surface area contributed by atoms with Crippen LogP contribution in [0.4, 0.5) is 13.2 Å². The summed E-state index contributed by atoms with van der Waals surface area (Å²) in [5, 5.41) is 0. The monoisotopic (exact) mass is 388 g/mol. The summed E-state index contributed by atoms with van der Waals surface area (Å²) < 4.78 is 67.3. The second-order valence-electron chi connectivity index (χ2n) is 5.31. The molecule has 0 atom stereocenters. The van der Waals surface area contributed by atoms with E-state index in [1.807, 2.05) is 0 Å². The maximum absolute atomic E-state index is 12.6. The minimum Gasteiger partial charge on any atom is -0.405 e. The van der Waals surface area contributed by atoms with Gasteiger partial charge in [0.2, 0.25) is 15.9 Å². The van der Waals surface area contributed by atoms with Crippen LogP contribution in [0.2, 0.25) is 0 Å². The van der Waals surface area contributed by atoms with Gasteiger partial charge in [-0.15, -0.1) is 13.2 Å². The summed E-state index contributed by atoms with van der Waals surface area (Å²) in [4.78, 5) is 10.9. The molecule has 0 aliphatic heterocycles. The van der Waals surface area contributed by atoms with Crippen LogP contribution in [0.3, 0.4) is 0 Å². The molecule has 10 heteroatoms. The third-order valence-corrected chi connectivity index (χ3v) is 5.26. The number of hydrogen-bond acceptors (Lipinski definition) is 4. The number of amides is 1. The van der Waals surface area contributed by atoms with E-state index in [-0.39, 0.29) is 22.6 Å². The first-order valence-electron chi connectivity index (χ1n) is 7.20. The zero-order valence-electron chi connectivity index (χ0n) is 13.5. The number of rotatable bonds is 6. The molecule has 0 aromatic heterocycles. The second-order valence-corrected chi connectivity index (χ2v) is 7.35. The molecule has 0 aliphatic carbocycles. The van der Waals surface area contributed by atoms with Gasteiger partial charge in [0.1, 0.15) is 5.75 Å². The molecule has 0 radical (unpaired) electrons. The molecule has 0 spiro atoms. The number of nitrogens with zero attached hydrogens (tertiary/aromatic N) is 1. The highest BCUT2D eigenvalue weighted by Gasteiger charge is 2.32. The van der Waals surface area contributed by atoms with Gasteiger partial charge in [0.05, 0.1) is 4.90 Å². The molecule has 0 heterocycles. The van der Waals surface area contributed by atoms with E-state index in [1.165, 1.54) is 49.5 Å². The molecule has 140 valence electrons. The number of ether oxygens (including phenoxy) is 1. The average molecular weight is 388 g/mol. The van der Waals surface area contributed by atoms with Crippen molar-refractivity contribution in [3.8, 4) is 5.75 Å². The minimum absolute atomic E-state index is 0.0460. The van der Waals surface area contributed by atoms with Crippen molar-refractivity contribution in [1.82, 2.24) is 4.31 Å². The van der Waals surface area contributed by atoms with E-state index in [0.29, 0.717) is 0 Å².